The molecule has 0 saturated heterocycles. The zero-order valence-electron chi connectivity index (χ0n) is 11.5. The highest BCUT2D eigenvalue weighted by Gasteiger charge is 2.15. The first kappa shape index (κ1) is 13.2. The van der Waals surface area contributed by atoms with Gasteiger partial charge in [0.2, 0.25) is 0 Å². The van der Waals surface area contributed by atoms with Crippen LogP contribution >= 0.6 is 0 Å². The maximum atomic E-state index is 13.9. The Hall–Kier alpha value is -2.75. The van der Waals surface area contributed by atoms with Gasteiger partial charge in [-0.1, -0.05) is 36.4 Å². The molecule has 21 heavy (non-hydrogen) atoms. The van der Waals surface area contributed by atoms with E-state index in [9.17, 15) is 9.18 Å². The number of rotatable bonds is 3. The van der Waals surface area contributed by atoms with Gasteiger partial charge in [0.1, 0.15) is 5.82 Å². The highest BCUT2D eigenvalue weighted by molar-refractivity contribution is 5.97. The van der Waals surface area contributed by atoms with Crippen LogP contribution in [0.1, 0.15) is 17.3 Å². The second-order valence-electron chi connectivity index (χ2n) is 4.73. The standard InChI is InChI=1S/C17H13FN2O/c1-12(21)17-15(18)8-5-9-16(17)20-11-14(10-19-20)13-6-3-2-4-7-13/h2-11H,1H3. The van der Waals surface area contributed by atoms with Gasteiger partial charge >= 0.3 is 0 Å². The van der Waals surface area contributed by atoms with Gasteiger partial charge in [-0.25, -0.2) is 9.07 Å². The molecule has 0 atom stereocenters. The average Bonchev–Trinajstić information content (AvgIpc) is 2.97. The first-order chi connectivity index (χ1) is 10.2. The maximum Gasteiger partial charge on any atom is 0.164 e. The summed E-state index contributed by atoms with van der Waals surface area (Å²) in [5.74, 6) is -0.850. The summed E-state index contributed by atoms with van der Waals surface area (Å²) >= 11 is 0. The summed E-state index contributed by atoms with van der Waals surface area (Å²) in [4.78, 5) is 11.7. The lowest BCUT2D eigenvalue weighted by Gasteiger charge is -2.07. The van der Waals surface area contributed by atoms with Crippen molar-refractivity contribution in [2.45, 2.75) is 6.92 Å². The first-order valence-electron chi connectivity index (χ1n) is 6.57. The smallest absolute Gasteiger partial charge is 0.164 e. The molecule has 0 amide bonds. The molecule has 1 heterocycles. The third-order valence-corrected chi connectivity index (χ3v) is 3.28. The molecule has 0 unspecified atom stereocenters. The molecule has 2 aromatic carbocycles. The SMILES string of the molecule is CC(=O)c1c(F)cccc1-n1cc(-c2ccccc2)cn1. The molecule has 3 aromatic rings. The van der Waals surface area contributed by atoms with E-state index in [0.717, 1.165) is 11.1 Å². The second-order valence-corrected chi connectivity index (χ2v) is 4.73. The summed E-state index contributed by atoms with van der Waals surface area (Å²) in [6, 6.07) is 14.3. The number of carbonyl (C=O) groups excluding carboxylic acids is 1. The third-order valence-electron chi connectivity index (χ3n) is 3.28. The van der Waals surface area contributed by atoms with Gasteiger partial charge in [-0.3, -0.25) is 4.79 Å². The van der Waals surface area contributed by atoms with E-state index >= 15 is 0 Å². The van der Waals surface area contributed by atoms with Crippen LogP contribution in [0.2, 0.25) is 0 Å². The number of nitrogens with zero attached hydrogens (tertiary/aromatic N) is 2. The molecule has 3 rings (SSSR count). The molecule has 0 fully saturated rings. The topological polar surface area (TPSA) is 34.9 Å². The third kappa shape index (κ3) is 2.48. The van der Waals surface area contributed by atoms with Crippen molar-refractivity contribution in [3.05, 3.63) is 72.3 Å². The first-order valence-corrected chi connectivity index (χ1v) is 6.57. The van der Waals surface area contributed by atoms with E-state index in [1.54, 1.807) is 24.5 Å². The highest BCUT2D eigenvalue weighted by atomic mass is 19.1. The van der Waals surface area contributed by atoms with Crippen molar-refractivity contribution in [1.82, 2.24) is 9.78 Å². The van der Waals surface area contributed by atoms with Crippen LogP contribution in [0, 0.1) is 5.82 Å². The number of halogens is 1. The van der Waals surface area contributed by atoms with Crippen molar-refractivity contribution in [1.29, 1.82) is 0 Å². The van der Waals surface area contributed by atoms with E-state index < -0.39 is 5.82 Å². The van der Waals surface area contributed by atoms with E-state index in [1.165, 1.54) is 17.7 Å². The van der Waals surface area contributed by atoms with Crippen molar-refractivity contribution >= 4 is 5.78 Å². The van der Waals surface area contributed by atoms with Crippen LogP contribution in [0.4, 0.5) is 4.39 Å². The Balaban J connectivity index is 2.09. The van der Waals surface area contributed by atoms with Gasteiger partial charge in [0.25, 0.3) is 0 Å². The molecule has 1 aromatic heterocycles. The summed E-state index contributed by atoms with van der Waals surface area (Å²) in [6.45, 7) is 1.35. The van der Waals surface area contributed by atoms with E-state index in [0.29, 0.717) is 5.69 Å². The molecule has 3 nitrogen and oxygen atoms in total. The second kappa shape index (κ2) is 5.32. The van der Waals surface area contributed by atoms with Crippen LogP contribution < -0.4 is 0 Å². The van der Waals surface area contributed by atoms with Gasteiger partial charge in [0.05, 0.1) is 17.4 Å². The van der Waals surface area contributed by atoms with E-state index in [4.69, 9.17) is 0 Å². The van der Waals surface area contributed by atoms with Crippen LogP contribution in [0.5, 0.6) is 0 Å². The molecule has 4 heteroatoms. The van der Waals surface area contributed by atoms with Gasteiger partial charge in [-0.2, -0.15) is 5.10 Å². The fourth-order valence-electron chi connectivity index (χ4n) is 2.29. The molecular weight excluding hydrogens is 267 g/mol. The lowest BCUT2D eigenvalue weighted by atomic mass is 10.1. The minimum atomic E-state index is -0.531. The summed E-state index contributed by atoms with van der Waals surface area (Å²) in [5, 5.41) is 4.24. The molecule has 0 aliphatic heterocycles. The van der Waals surface area contributed by atoms with Crippen LogP contribution in [0.15, 0.2) is 60.9 Å². The molecule has 0 N–H and O–H groups in total. The monoisotopic (exact) mass is 280 g/mol. The number of carbonyl (C=O) groups is 1. The van der Waals surface area contributed by atoms with E-state index in [2.05, 4.69) is 5.10 Å². The Bertz CT molecular complexity index is 794. The summed E-state index contributed by atoms with van der Waals surface area (Å²) < 4.78 is 15.4. The van der Waals surface area contributed by atoms with Crippen molar-refractivity contribution in [3.63, 3.8) is 0 Å². The molecule has 0 aliphatic carbocycles. The minimum absolute atomic E-state index is 0.0558. The summed E-state index contributed by atoms with van der Waals surface area (Å²) in [6.07, 6.45) is 3.49. The largest absolute Gasteiger partial charge is 0.294 e. The van der Waals surface area contributed by atoms with Crippen molar-refractivity contribution < 1.29 is 9.18 Å². The normalized spacial score (nSPS) is 10.6. The molecule has 0 radical (unpaired) electrons. The van der Waals surface area contributed by atoms with Crippen LogP contribution in [-0.4, -0.2) is 15.6 Å². The quantitative estimate of drug-likeness (QED) is 0.682. The zero-order chi connectivity index (χ0) is 14.8. The van der Waals surface area contributed by atoms with Gasteiger partial charge < -0.3 is 0 Å². The van der Waals surface area contributed by atoms with E-state index in [-0.39, 0.29) is 11.3 Å². The molecule has 0 bridgehead atoms. The number of aromatic nitrogens is 2. The number of hydrogen-bond acceptors (Lipinski definition) is 2. The molecular formula is C17H13FN2O. The fraction of sp³-hybridized carbons (Fsp3) is 0.0588. The fourth-order valence-corrected chi connectivity index (χ4v) is 2.29. The van der Waals surface area contributed by atoms with E-state index in [1.807, 2.05) is 30.3 Å². The molecule has 104 valence electrons. The van der Waals surface area contributed by atoms with Gasteiger partial charge in [-0.15, -0.1) is 0 Å². The van der Waals surface area contributed by atoms with Crippen molar-refractivity contribution in [2.24, 2.45) is 0 Å². The predicted octanol–water partition coefficient (Wildman–Crippen LogP) is 3.88. The van der Waals surface area contributed by atoms with Crippen LogP contribution in [0.3, 0.4) is 0 Å². The predicted molar refractivity (Wildman–Crippen MR) is 79.0 cm³/mol. The Morgan fingerprint density at radius 1 is 1.05 bits per heavy atom. The Morgan fingerprint density at radius 3 is 2.52 bits per heavy atom. The van der Waals surface area contributed by atoms with Gasteiger partial charge in [-0.05, 0) is 24.6 Å². The summed E-state index contributed by atoms with van der Waals surface area (Å²) in [5.41, 5.74) is 2.43. The minimum Gasteiger partial charge on any atom is -0.294 e. The Labute approximate surface area is 121 Å². The van der Waals surface area contributed by atoms with Crippen LogP contribution in [-0.2, 0) is 0 Å². The Morgan fingerprint density at radius 2 is 1.81 bits per heavy atom. The number of benzene rings is 2. The lowest BCUT2D eigenvalue weighted by Crippen LogP contribution is -2.06. The number of Topliss-reactive ketones (excluding diaryl/α,β-unsaturated/α-hetero) is 1. The zero-order valence-corrected chi connectivity index (χ0v) is 11.5. The maximum absolute atomic E-state index is 13.9. The Kier molecular flexibility index (Phi) is 3.36. The lowest BCUT2D eigenvalue weighted by molar-refractivity contribution is 0.101. The van der Waals surface area contributed by atoms with Crippen molar-refractivity contribution in [3.8, 4) is 16.8 Å². The van der Waals surface area contributed by atoms with Gasteiger partial charge in [0, 0.05) is 11.8 Å². The molecule has 0 aliphatic rings. The van der Waals surface area contributed by atoms with Crippen LogP contribution in [0.25, 0.3) is 16.8 Å². The molecule has 0 spiro atoms. The van der Waals surface area contributed by atoms with Gasteiger partial charge in [0.15, 0.2) is 5.78 Å². The highest BCUT2D eigenvalue weighted by Crippen LogP contribution is 2.22. The summed E-state index contributed by atoms with van der Waals surface area (Å²) in [7, 11) is 0. The average molecular weight is 280 g/mol. The number of ketones is 1. The van der Waals surface area contributed by atoms with Crippen molar-refractivity contribution in [2.75, 3.05) is 0 Å². The number of hydrogen-bond donors (Lipinski definition) is 0. The molecule has 0 saturated carbocycles.